The average molecular weight is 419 g/mol. The molecule has 5 nitrogen and oxygen atoms in total. The quantitative estimate of drug-likeness (QED) is 0.551. The molecule has 4 rings (SSSR count). The van der Waals surface area contributed by atoms with Crippen LogP contribution >= 0.6 is 11.8 Å². The van der Waals surface area contributed by atoms with E-state index in [-0.39, 0.29) is 12.1 Å². The molecule has 1 aliphatic heterocycles. The molecule has 1 aliphatic rings. The zero-order valence-corrected chi connectivity index (χ0v) is 17.9. The van der Waals surface area contributed by atoms with Gasteiger partial charge in [-0.15, -0.1) is 0 Å². The standard InChI is InChI=1S/C24H26N4OS/c1-18-16-21(30-23-25-13-7-14-26-23)11-12-22(18)27-24(29)28-15-6-5-10-20(28)17-19-8-3-2-4-9-19/h2-4,7-9,11-14,16,20H,5-6,10,15,17H2,1H3,(H,27,29). The van der Waals surface area contributed by atoms with Crippen molar-refractivity contribution in [1.29, 1.82) is 0 Å². The van der Waals surface area contributed by atoms with Crippen LogP contribution in [0, 0.1) is 6.92 Å². The van der Waals surface area contributed by atoms with Crippen molar-refractivity contribution in [3.05, 3.63) is 78.1 Å². The summed E-state index contributed by atoms with van der Waals surface area (Å²) in [6, 6.07) is 18.5. The number of hydrogen-bond acceptors (Lipinski definition) is 4. The Bertz CT molecular complexity index is 981. The van der Waals surface area contributed by atoms with Crippen LogP contribution < -0.4 is 5.32 Å². The molecule has 154 valence electrons. The summed E-state index contributed by atoms with van der Waals surface area (Å²) in [5.41, 5.74) is 3.16. The van der Waals surface area contributed by atoms with Crippen molar-refractivity contribution in [2.75, 3.05) is 11.9 Å². The second kappa shape index (κ2) is 9.76. The first-order valence-corrected chi connectivity index (χ1v) is 11.2. The van der Waals surface area contributed by atoms with Gasteiger partial charge >= 0.3 is 6.03 Å². The molecule has 0 spiro atoms. The van der Waals surface area contributed by atoms with Gasteiger partial charge in [-0.05, 0) is 79.8 Å². The number of anilines is 1. The number of hydrogen-bond donors (Lipinski definition) is 1. The van der Waals surface area contributed by atoms with E-state index in [1.165, 1.54) is 23.7 Å². The normalized spacial score (nSPS) is 16.3. The fourth-order valence-corrected chi connectivity index (χ4v) is 4.65. The van der Waals surface area contributed by atoms with E-state index >= 15 is 0 Å². The minimum Gasteiger partial charge on any atom is -0.321 e. The lowest BCUT2D eigenvalue weighted by molar-refractivity contribution is 0.162. The van der Waals surface area contributed by atoms with E-state index in [1.54, 1.807) is 18.5 Å². The molecule has 0 radical (unpaired) electrons. The van der Waals surface area contributed by atoms with Crippen molar-refractivity contribution < 1.29 is 4.79 Å². The van der Waals surface area contributed by atoms with Crippen LogP contribution in [0.1, 0.15) is 30.4 Å². The summed E-state index contributed by atoms with van der Waals surface area (Å²) in [6.07, 6.45) is 7.66. The molecule has 30 heavy (non-hydrogen) atoms. The highest BCUT2D eigenvalue weighted by molar-refractivity contribution is 7.99. The Balaban J connectivity index is 1.43. The third-order valence-electron chi connectivity index (χ3n) is 5.39. The van der Waals surface area contributed by atoms with Crippen LogP contribution in [0.15, 0.2) is 77.0 Å². The summed E-state index contributed by atoms with van der Waals surface area (Å²) in [7, 11) is 0. The highest BCUT2D eigenvalue weighted by Gasteiger charge is 2.27. The molecule has 1 saturated heterocycles. The van der Waals surface area contributed by atoms with Crippen molar-refractivity contribution in [3.8, 4) is 0 Å². The van der Waals surface area contributed by atoms with E-state index in [0.29, 0.717) is 5.16 Å². The molecule has 1 atom stereocenters. The molecule has 6 heteroatoms. The number of carbonyl (C=O) groups is 1. The molecule has 1 fully saturated rings. The number of carbonyl (C=O) groups excluding carboxylic acids is 1. The Morgan fingerprint density at radius 3 is 2.67 bits per heavy atom. The molecule has 0 saturated carbocycles. The number of amides is 2. The number of aryl methyl sites for hydroxylation is 1. The Kier molecular flexibility index (Phi) is 6.64. The maximum absolute atomic E-state index is 13.1. The molecule has 2 heterocycles. The van der Waals surface area contributed by atoms with E-state index in [0.717, 1.165) is 42.0 Å². The summed E-state index contributed by atoms with van der Waals surface area (Å²) >= 11 is 1.51. The molecule has 2 aromatic carbocycles. The van der Waals surface area contributed by atoms with Crippen LogP contribution in [0.25, 0.3) is 0 Å². The Morgan fingerprint density at radius 1 is 1.10 bits per heavy atom. The minimum absolute atomic E-state index is 0.00877. The molecule has 1 unspecified atom stereocenters. The van der Waals surface area contributed by atoms with Gasteiger partial charge in [-0.2, -0.15) is 0 Å². The topological polar surface area (TPSA) is 58.1 Å². The van der Waals surface area contributed by atoms with Crippen molar-refractivity contribution in [2.45, 2.75) is 48.7 Å². The summed E-state index contributed by atoms with van der Waals surface area (Å²) in [5.74, 6) is 0. The number of nitrogens with zero attached hydrogens (tertiary/aromatic N) is 3. The van der Waals surface area contributed by atoms with Gasteiger partial charge in [0.1, 0.15) is 0 Å². The van der Waals surface area contributed by atoms with Crippen LogP contribution in [-0.2, 0) is 6.42 Å². The monoisotopic (exact) mass is 418 g/mol. The highest BCUT2D eigenvalue weighted by Crippen LogP contribution is 2.28. The van der Waals surface area contributed by atoms with Gasteiger partial charge < -0.3 is 10.2 Å². The number of rotatable bonds is 5. The van der Waals surface area contributed by atoms with Crippen molar-refractivity contribution >= 4 is 23.5 Å². The van der Waals surface area contributed by atoms with Gasteiger partial charge in [0.2, 0.25) is 0 Å². The predicted octanol–water partition coefficient (Wildman–Crippen LogP) is 5.57. The fourth-order valence-electron chi connectivity index (χ4n) is 3.84. The first kappa shape index (κ1) is 20.4. The maximum Gasteiger partial charge on any atom is 0.322 e. The van der Waals surface area contributed by atoms with E-state index in [9.17, 15) is 4.79 Å². The molecule has 2 amide bonds. The van der Waals surface area contributed by atoms with Crippen molar-refractivity contribution in [2.24, 2.45) is 0 Å². The summed E-state index contributed by atoms with van der Waals surface area (Å²) in [4.78, 5) is 24.7. The van der Waals surface area contributed by atoms with Gasteiger partial charge in [0, 0.05) is 35.6 Å². The maximum atomic E-state index is 13.1. The van der Waals surface area contributed by atoms with Crippen LogP contribution in [0.4, 0.5) is 10.5 Å². The van der Waals surface area contributed by atoms with Gasteiger partial charge in [0.15, 0.2) is 5.16 Å². The van der Waals surface area contributed by atoms with E-state index in [1.807, 2.05) is 30.0 Å². The largest absolute Gasteiger partial charge is 0.322 e. The third-order valence-corrected chi connectivity index (χ3v) is 6.28. The molecule has 0 aliphatic carbocycles. The summed E-state index contributed by atoms with van der Waals surface area (Å²) < 4.78 is 0. The third kappa shape index (κ3) is 5.19. The van der Waals surface area contributed by atoms with Crippen LogP contribution in [0.5, 0.6) is 0 Å². The molecular weight excluding hydrogens is 392 g/mol. The SMILES string of the molecule is Cc1cc(Sc2ncccn2)ccc1NC(=O)N1CCCCC1Cc1ccccc1. The van der Waals surface area contributed by atoms with Gasteiger partial charge in [0.25, 0.3) is 0 Å². The summed E-state index contributed by atoms with van der Waals surface area (Å²) in [6.45, 7) is 2.82. The second-order valence-electron chi connectivity index (χ2n) is 7.57. The smallest absolute Gasteiger partial charge is 0.321 e. The van der Waals surface area contributed by atoms with E-state index in [4.69, 9.17) is 0 Å². The number of aromatic nitrogens is 2. The highest BCUT2D eigenvalue weighted by atomic mass is 32.2. The van der Waals surface area contributed by atoms with Crippen molar-refractivity contribution in [1.82, 2.24) is 14.9 Å². The average Bonchev–Trinajstić information content (AvgIpc) is 2.77. The fraction of sp³-hybridized carbons (Fsp3) is 0.292. The van der Waals surface area contributed by atoms with Crippen molar-refractivity contribution in [3.63, 3.8) is 0 Å². The number of nitrogens with one attached hydrogen (secondary N) is 1. The Hall–Kier alpha value is -2.86. The molecule has 1 N–H and O–H groups in total. The Labute approximate surface area is 181 Å². The number of benzene rings is 2. The lowest BCUT2D eigenvalue weighted by Gasteiger charge is -2.36. The lowest BCUT2D eigenvalue weighted by atomic mass is 9.96. The number of piperidine rings is 1. The van der Waals surface area contributed by atoms with E-state index in [2.05, 4.69) is 45.6 Å². The van der Waals surface area contributed by atoms with E-state index < -0.39 is 0 Å². The van der Waals surface area contributed by atoms with Gasteiger partial charge in [-0.25, -0.2) is 14.8 Å². The second-order valence-corrected chi connectivity index (χ2v) is 8.61. The minimum atomic E-state index is -0.00877. The first-order chi connectivity index (χ1) is 14.7. The zero-order chi connectivity index (χ0) is 20.8. The molecule has 3 aromatic rings. The van der Waals surface area contributed by atoms with Gasteiger partial charge in [-0.1, -0.05) is 30.3 Å². The molecule has 1 aromatic heterocycles. The molecular formula is C24H26N4OS. The predicted molar refractivity (Wildman–Crippen MR) is 121 cm³/mol. The van der Waals surface area contributed by atoms with Gasteiger partial charge in [-0.3, -0.25) is 0 Å². The van der Waals surface area contributed by atoms with Crippen LogP contribution in [0.3, 0.4) is 0 Å². The number of urea groups is 1. The van der Waals surface area contributed by atoms with Crippen LogP contribution in [0.2, 0.25) is 0 Å². The zero-order valence-electron chi connectivity index (χ0n) is 17.1. The van der Waals surface area contributed by atoms with Crippen LogP contribution in [-0.4, -0.2) is 33.5 Å². The first-order valence-electron chi connectivity index (χ1n) is 10.4. The number of likely N-dealkylation sites (tertiary alicyclic amines) is 1. The summed E-state index contributed by atoms with van der Waals surface area (Å²) in [5, 5.41) is 3.85. The Morgan fingerprint density at radius 2 is 1.90 bits per heavy atom. The molecule has 0 bridgehead atoms. The lowest BCUT2D eigenvalue weighted by Crippen LogP contribution is -2.47. The van der Waals surface area contributed by atoms with Gasteiger partial charge in [0.05, 0.1) is 0 Å².